The van der Waals surface area contributed by atoms with E-state index in [-0.39, 0.29) is 11.6 Å². The van der Waals surface area contributed by atoms with Crippen LogP contribution >= 0.6 is 0 Å². The van der Waals surface area contributed by atoms with Crippen molar-refractivity contribution < 1.29 is 9.59 Å². The molecule has 1 aliphatic carbocycles. The summed E-state index contributed by atoms with van der Waals surface area (Å²) in [4.78, 5) is 22.4. The lowest BCUT2D eigenvalue weighted by atomic mass is 9.95. The maximum absolute atomic E-state index is 11.2. The normalized spacial score (nSPS) is 17.8. The summed E-state index contributed by atoms with van der Waals surface area (Å²) in [5.74, 6) is -0.185. The van der Waals surface area contributed by atoms with Gasteiger partial charge in [-0.3, -0.25) is 20.4 Å². The van der Waals surface area contributed by atoms with Gasteiger partial charge in [0, 0.05) is 24.2 Å². The smallest absolute Gasteiger partial charge is 0.186 e. The van der Waals surface area contributed by atoms with Crippen molar-refractivity contribution in [3.05, 3.63) is 47.5 Å². The highest BCUT2D eigenvalue weighted by Gasteiger charge is 2.16. The minimum Gasteiger partial charge on any atom is -0.289 e. The van der Waals surface area contributed by atoms with E-state index >= 15 is 0 Å². The molecule has 0 atom stereocenters. The van der Waals surface area contributed by atoms with Crippen molar-refractivity contribution >= 4 is 11.6 Å². The number of hydrogen-bond donors (Lipinski definition) is 2. The van der Waals surface area contributed by atoms with Crippen molar-refractivity contribution in [2.75, 3.05) is 13.1 Å². The first kappa shape index (κ1) is 12.7. The molecule has 2 N–H and O–H groups in total. The van der Waals surface area contributed by atoms with Gasteiger partial charge < -0.3 is 0 Å². The molecule has 1 saturated heterocycles. The molecule has 4 heteroatoms. The van der Waals surface area contributed by atoms with Crippen molar-refractivity contribution in [1.82, 2.24) is 10.9 Å². The predicted molar refractivity (Wildman–Crippen MR) is 69.5 cm³/mol. The summed E-state index contributed by atoms with van der Waals surface area (Å²) in [6.07, 6.45) is 5.27. The largest absolute Gasteiger partial charge is 0.289 e. The molecule has 0 amide bonds. The molecular formula is C14H16N2O2. The molecule has 1 aromatic rings. The monoisotopic (exact) mass is 244 g/mol. The third-order valence-corrected chi connectivity index (χ3v) is 2.82. The van der Waals surface area contributed by atoms with Gasteiger partial charge in [-0.2, -0.15) is 0 Å². The molecule has 0 bridgehead atoms. The molecule has 1 heterocycles. The van der Waals surface area contributed by atoms with Gasteiger partial charge in [-0.05, 0) is 25.0 Å². The van der Waals surface area contributed by atoms with Crippen LogP contribution < -0.4 is 10.9 Å². The number of ketones is 2. The number of allylic oxidation sites excluding steroid dienone is 2. The Morgan fingerprint density at radius 2 is 1.22 bits per heavy atom. The van der Waals surface area contributed by atoms with Gasteiger partial charge in [0.05, 0.1) is 0 Å². The van der Waals surface area contributed by atoms with Gasteiger partial charge in [-0.15, -0.1) is 0 Å². The summed E-state index contributed by atoms with van der Waals surface area (Å²) in [6.45, 7) is 2.28. The molecule has 1 aliphatic heterocycles. The summed E-state index contributed by atoms with van der Waals surface area (Å²) in [5.41, 5.74) is 7.08. The SMILES string of the molecule is C1CCNNC1.O=C1C=CC(=O)c2ccccc21. The van der Waals surface area contributed by atoms with Crippen LogP contribution in [0.2, 0.25) is 0 Å². The van der Waals surface area contributed by atoms with Crippen molar-refractivity contribution in [2.24, 2.45) is 0 Å². The van der Waals surface area contributed by atoms with Gasteiger partial charge in [0.15, 0.2) is 11.6 Å². The Labute approximate surface area is 106 Å². The third kappa shape index (κ3) is 3.12. The van der Waals surface area contributed by atoms with Crippen LogP contribution in [0.4, 0.5) is 0 Å². The molecule has 0 unspecified atom stereocenters. The van der Waals surface area contributed by atoms with Gasteiger partial charge in [-0.1, -0.05) is 24.3 Å². The minimum atomic E-state index is -0.0924. The highest BCUT2D eigenvalue weighted by molar-refractivity contribution is 6.21. The number of hydrazine groups is 1. The van der Waals surface area contributed by atoms with E-state index in [0.717, 1.165) is 13.1 Å². The van der Waals surface area contributed by atoms with E-state index in [1.54, 1.807) is 24.3 Å². The molecule has 94 valence electrons. The minimum absolute atomic E-state index is 0.0924. The average molecular weight is 244 g/mol. The van der Waals surface area contributed by atoms with E-state index in [2.05, 4.69) is 10.9 Å². The van der Waals surface area contributed by atoms with Crippen LogP contribution in [0.3, 0.4) is 0 Å². The zero-order valence-corrected chi connectivity index (χ0v) is 10.1. The van der Waals surface area contributed by atoms with Crippen LogP contribution in [0.5, 0.6) is 0 Å². The van der Waals surface area contributed by atoms with E-state index < -0.39 is 0 Å². The number of fused-ring (bicyclic) bond motifs is 1. The zero-order valence-electron chi connectivity index (χ0n) is 10.1. The fourth-order valence-electron chi connectivity index (χ4n) is 1.85. The van der Waals surface area contributed by atoms with Crippen molar-refractivity contribution in [3.63, 3.8) is 0 Å². The number of carbonyl (C=O) groups excluding carboxylic acids is 2. The van der Waals surface area contributed by atoms with E-state index in [1.165, 1.54) is 25.0 Å². The summed E-state index contributed by atoms with van der Waals surface area (Å²) in [7, 11) is 0. The van der Waals surface area contributed by atoms with Crippen LogP contribution in [0.1, 0.15) is 33.6 Å². The highest BCUT2D eigenvalue weighted by Crippen LogP contribution is 2.15. The number of hydrogen-bond acceptors (Lipinski definition) is 4. The van der Waals surface area contributed by atoms with Crippen LogP contribution in [-0.4, -0.2) is 24.7 Å². The first-order valence-electron chi connectivity index (χ1n) is 6.10. The lowest BCUT2D eigenvalue weighted by Crippen LogP contribution is -2.37. The Morgan fingerprint density at radius 1 is 0.778 bits per heavy atom. The Morgan fingerprint density at radius 3 is 1.56 bits per heavy atom. The number of benzene rings is 1. The molecular weight excluding hydrogens is 228 g/mol. The van der Waals surface area contributed by atoms with Crippen molar-refractivity contribution in [1.29, 1.82) is 0 Å². The van der Waals surface area contributed by atoms with Crippen LogP contribution in [0, 0.1) is 0 Å². The van der Waals surface area contributed by atoms with Crippen molar-refractivity contribution in [2.45, 2.75) is 12.8 Å². The van der Waals surface area contributed by atoms with E-state index in [4.69, 9.17) is 0 Å². The maximum atomic E-state index is 11.2. The quantitative estimate of drug-likeness (QED) is 0.726. The van der Waals surface area contributed by atoms with Crippen LogP contribution in [0.25, 0.3) is 0 Å². The Kier molecular flexibility index (Phi) is 4.39. The fourth-order valence-corrected chi connectivity index (χ4v) is 1.85. The second-order valence-corrected chi connectivity index (χ2v) is 4.17. The number of carbonyl (C=O) groups is 2. The highest BCUT2D eigenvalue weighted by atomic mass is 16.1. The zero-order chi connectivity index (χ0) is 12.8. The molecule has 1 aromatic carbocycles. The Bertz CT molecular complexity index is 428. The average Bonchev–Trinajstić information content (AvgIpc) is 2.46. The molecule has 4 nitrogen and oxygen atoms in total. The molecule has 0 spiro atoms. The summed E-state index contributed by atoms with van der Waals surface area (Å²) in [6, 6.07) is 6.84. The lowest BCUT2D eigenvalue weighted by molar-refractivity contribution is 0.0994. The first-order chi connectivity index (χ1) is 8.79. The van der Waals surface area contributed by atoms with Gasteiger partial charge in [-0.25, -0.2) is 0 Å². The van der Waals surface area contributed by atoms with Gasteiger partial charge >= 0.3 is 0 Å². The van der Waals surface area contributed by atoms with E-state index in [0.29, 0.717) is 11.1 Å². The molecule has 0 saturated carbocycles. The van der Waals surface area contributed by atoms with E-state index in [1.807, 2.05) is 0 Å². The molecule has 18 heavy (non-hydrogen) atoms. The van der Waals surface area contributed by atoms with Crippen LogP contribution in [0.15, 0.2) is 36.4 Å². The van der Waals surface area contributed by atoms with Gasteiger partial charge in [0.1, 0.15) is 0 Å². The van der Waals surface area contributed by atoms with E-state index in [9.17, 15) is 9.59 Å². The van der Waals surface area contributed by atoms with Gasteiger partial charge in [0.2, 0.25) is 0 Å². The number of rotatable bonds is 0. The molecule has 1 fully saturated rings. The van der Waals surface area contributed by atoms with Crippen LogP contribution in [-0.2, 0) is 0 Å². The second-order valence-electron chi connectivity index (χ2n) is 4.17. The van der Waals surface area contributed by atoms with Crippen molar-refractivity contribution in [3.8, 4) is 0 Å². The lowest BCUT2D eigenvalue weighted by Gasteiger charge is -2.10. The Balaban J connectivity index is 0.000000169. The number of nitrogens with one attached hydrogen (secondary N) is 2. The van der Waals surface area contributed by atoms with Gasteiger partial charge in [0.25, 0.3) is 0 Å². The third-order valence-electron chi connectivity index (χ3n) is 2.82. The fraction of sp³-hybridized carbons (Fsp3) is 0.286. The second kappa shape index (κ2) is 6.23. The summed E-state index contributed by atoms with van der Waals surface area (Å²) >= 11 is 0. The first-order valence-corrected chi connectivity index (χ1v) is 6.10. The summed E-state index contributed by atoms with van der Waals surface area (Å²) in [5, 5.41) is 0. The standard InChI is InChI=1S/C10H6O2.C4H10N2/c11-9-5-6-10(12)8-4-2-1-3-7(8)9;1-2-4-6-5-3-1/h1-6H;5-6H,1-4H2. The summed E-state index contributed by atoms with van der Waals surface area (Å²) < 4.78 is 0. The predicted octanol–water partition coefficient (Wildman–Crippen LogP) is 1.50. The molecule has 3 rings (SSSR count). The molecule has 0 radical (unpaired) electrons. The molecule has 2 aliphatic rings. The Hall–Kier alpha value is -1.78. The molecule has 0 aromatic heterocycles. The topological polar surface area (TPSA) is 58.2 Å². The maximum Gasteiger partial charge on any atom is 0.186 e.